The van der Waals surface area contributed by atoms with E-state index in [4.69, 9.17) is 24.8 Å². The molecule has 8 heteroatoms. The van der Waals surface area contributed by atoms with Crippen molar-refractivity contribution in [3.05, 3.63) is 41.6 Å². The second-order valence-electron chi connectivity index (χ2n) is 10.00. The molecular formula is C27H33N7O. The van der Waals surface area contributed by atoms with E-state index < -0.39 is 0 Å². The van der Waals surface area contributed by atoms with Crippen molar-refractivity contribution >= 4 is 28.3 Å². The van der Waals surface area contributed by atoms with Gasteiger partial charge >= 0.3 is 0 Å². The smallest absolute Gasteiger partial charge is 0.160 e. The van der Waals surface area contributed by atoms with E-state index in [-0.39, 0.29) is 0 Å². The first kappa shape index (κ1) is 22.2. The van der Waals surface area contributed by atoms with Crippen LogP contribution in [0.2, 0.25) is 0 Å². The number of aromatic nitrogens is 5. The summed E-state index contributed by atoms with van der Waals surface area (Å²) in [6.07, 6.45) is 7.14. The highest BCUT2D eigenvalue weighted by Crippen LogP contribution is 2.30. The van der Waals surface area contributed by atoms with Crippen LogP contribution in [0.1, 0.15) is 49.8 Å². The van der Waals surface area contributed by atoms with Crippen molar-refractivity contribution in [3.63, 3.8) is 0 Å². The Labute approximate surface area is 205 Å². The maximum atomic E-state index is 5.57. The molecule has 4 aromatic rings. The minimum absolute atomic E-state index is 0.375. The number of benzene rings is 1. The van der Waals surface area contributed by atoms with Crippen LogP contribution in [0, 0.1) is 13.8 Å². The predicted molar refractivity (Wildman–Crippen MR) is 139 cm³/mol. The molecule has 0 atom stereocenters. The van der Waals surface area contributed by atoms with Gasteiger partial charge in [-0.05, 0) is 70.1 Å². The SMILES string of the molecule is CO[C@H]1CC[C@H](Nc2cc(N3CCCC3)nc3cc(-c4nc5cc(C)ccc5nc4C)nn23)CC1. The Morgan fingerprint density at radius 1 is 0.914 bits per heavy atom. The van der Waals surface area contributed by atoms with Crippen LogP contribution in [0.3, 0.4) is 0 Å². The highest BCUT2D eigenvalue weighted by atomic mass is 16.5. The van der Waals surface area contributed by atoms with Gasteiger partial charge in [0, 0.05) is 38.4 Å². The largest absolute Gasteiger partial charge is 0.381 e. The fourth-order valence-electron chi connectivity index (χ4n) is 5.44. The van der Waals surface area contributed by atoms with E-state index in [1.54, 1.807) is 0 Å². The Bertz CT molecular complexity index is 1370. The van der Waals surface area contributed by atoms with Crippen LogP contribution in [0.25, 0.3) is 28.1 Å². The van der Waals surface area contributed by atoms with E-state index in [0.29, 0.717) is 12.1 Å². The van der Waals surface area contributed by atoms with Gasteiger partial charge in [0.2, 0.25) is 0 Å². The quantitative estimate of drug-likeness (QED) is 0.442. The average molecular weight is 472 g/mol. The van der Waals surface area contributed by atoms with Crippen molar-refractivity contribution < 1.29 is 4.74 Å². The monoisotopic (exact) mass is 471 g/mol. The molecule has 0 unspecified atom stereocenters. The fourth-order valence-corrected chi connectivity index (χ4v) is 5.44. The number of rotatable bonds is 5. The maximum Gasteiger partial charge on any atom is 0.160 e. The third-order valence-corrected chi connectivity index (χ3v) is 7.44. The molecule has 8 nitrogen and oxygen atoms in total. The van der Waals surface area contributed by atoms with Gasteiger partial charge < -0.3 is 15.0 Å². The van der Waals surface area contributed by atoms with E-state index in [2.05, 4.69) is 35.3 Å². The molecule has 3 aromatic heterocycles. The predicted octanol–water partition coefficient (Wildman–Crippen LogP) is 4.93. The summed E-state index contributed by atoms with van der Waals surface area (Å²) in [7, 11) is 1.82. The molecule has 2 fully saturated rings. The summed E-state index contributed by atoms with van der Waals surface area (Å²) in [5, 5.41) is 8.77. The normalized spacial score (nSPS) is 20.7. The Morgan fingerprint density at radius 2 is 1.71 bits per heavy atom. The molecule has 4 heterocycles. The van der Waals surface area contributed by atoms with Gasteiger partial charge in [0.1, 0.15) is 23.0 Å². The highest BCUT2D eigenvalue weighted by molar-refractivity contribution is 5.79. The van der Waals surface area contributed by atoms with Gasteiger partial charge in [0.25, 0.3) is 0 Å². The first-order valence-electron chi connectivity index (χ1n) is 12.8. The molecule has 35 heavy (non-hydrogen) atoms. The Balaban J connectivity index is 1.41. The summed E-state index contributed by atoms with van der Waals surface area (Å²) in [5.74, 6) is 2.01. The van der Waals surface area contributed by atoms with Crippen LogP contribution in [0.5, 0.6) is 0 Å². The number of hydrogen-bond acceptors (Lipinski definition) is 7. The number of anilines is 2. The second-order valence-corrected chi connectivity index (χ2v) is 10.00. The van der Waals surface area contributed by atoms with Crippen molar-refractivity contribution in [1.82, 2.24) is 24.6 Å². The lowest BCUT2D eigenvalue weighted by molar-refractivity contribution is 0.0681. The van der Waals surface area contributed by atoms with Gasteiger partial charge in [-0.25, -0.2) is 15.0 Å². The highest BCUT2D eigenvalue weighted by Gasteiger charge is 2.24. The summed E-state index contributed by atoms with van der Waals surface area (Å²) in [4.78, 5) is 17.1. The number of fused-ring (bicyclic) bond motifs is 2. The minimum Gasteiger partial charge on any atom is -0.381 e. The molecule has 1 aliphatic heterocycles. The molecule has 182 valence electrons. The van der Waals surface area contributed by atoms with Crippen molar-refractivity contribution in [2.75, 3.05) is 30.4 Å². The summed E-state index contributed by atoms with van der Waals surface area (Å²) >= 11 is 0. The van der Waals surface area contributed by atoms with Crippen molar-refractivity contribution in [3.8, 4) is 11.4 Å². The minimum atomic E-state index is 0.375. The number of methoxy groups -OCH3 is 1. The topological polar surface area (TPSA) is 80.5 Å². The molecule has 1 N–H and O–H groups in total. The Hall–Kier alpha value is -3.26. The second kappa shape index (κ2) is 9.07. The van der Waals surface area contributed by atoms with Crippen LogP contribution in [-0.2, 0) is 4.74 Å². The lowest BCUT2D eigenvalue weighted by Gasteiger charge is -2.29. The summed E-state index contributed by atoms with van der Waals surface area (Å²) < 4.78 is 7.52. The zero-order chi connectivity index (χ0) is 23.9. The fraction of sp³-hybridized carbons (Fsp3) is 0.481. The number of aryl methyl sites for hydroxylation is 2. The van der Waals surface area contributed by atoms with Gasteiger partial charge in [0.05, 0.1) is 22.8 Å². The van der Waals surface area contributed by atoms with Crippen LogP contribution in [-0.4, -0.2) is 56.9 Å². The van der Waals surface area contributed by atoms with Crippen LogP contribution in [0.4, 0.5) is 11.6 Å². The van der Waals surface area contributed by atoms with E-state index in [1.165, 1.54) is 18.4 Å². The van der Waals surface area contributed by atoms with Gasteiger partial charge in [0.15, 0.2) is 5.65 Å². The van der Waals surface area contributed by atoms with Crippen molar-refractivity contribution in [1.29, 1.82) is 0 Å². The zero-order valence-electron chi connectivity index (χ0n) is 20.8. The number of nitrogens with one attached hydrogen (secondary N) is 1. The van der Waals surface area contributed by atoms with Crippen LogP contribution < -0.4 is 10.2 Å². The lowest BCUT2D eigenvalue weighted by atomic mass is 9.93. The van der Waals surface area contributed by atoms with E-state index >= 15 is 0 Å². The van der Waals surface area contributed by atoms with E-state index in [0.717, 1.165) is 84.2 Å². The van der Waals surface area contributed by atoms with Gasteiger partial charge in [-0.3, -0.25) is 0 Å². The van der Waals surface area contributed by atoms with Gasteiger partial charge in [-0.15, -0.1) is 0 Å². The Morgan fingerprint density at radius 3 is 2.49 bits per heavy atom. The number of hydrogen-bond donors (Lipinski definition) is 1. The van der Waals surface area contributed by atoms with Crippen LogP contribution >= 0.6 is 0 Å². The van der Waals surface area contributed by atoms with Crippen molar-refractivity contribution in [2.24, 2.45) is 0 Å². The molecule has 0 radical (unpaired) electrons. The third kappa shape index (κ3) is 4.31. The third-order valence-electron chi connectivity index (χ3n) is 7.44. The molecule has 6 rings (SSSR count). The molecule has 1 aliphatic carbocycles. The average Bonchev–Trinajstić information content (AvgIpc) is 3.55. The van der Waals surface area contributed by atoms with Crippen molar-refractivity contribution in [2.45, 2.75) is 64.5 Å². The Kier molecular flexibility index (Phi) is 5.76. The number of nitrogens with zero attached hydrogens (tertiary/aromatic N) is 6. The van der Waals surface area contributed by atoms with E-state index in [9.17, 15) is 0 Å². The summed E-state index contributed by atoms with van der Waals surface area (Å²) in [6.45, 7) is 6.18. The molecule has 2 aliphatic rings. The summed E-state index contributed by atoms with van der Waals surface area (Å²) in [6, 6.07) is 10.8. The van der Waals surface area contributed by atoms with Crippen LogP contribution in [0.15, 0.2) is 30.3 Å². The van der Waals surface area contributed by atoms with Gasteiger partial charge in [-0.2, -0.15) is 9.61 Å². The molecule has 1 saturated carbocycles. The first-order valence-corrected chi connectivity index (χ1v) is 12.8. The maximum absolute atomic E-state index is 5.57. The molecule has 0 amide bonds. The lowest BCUT2D eigenvalue weighted by Crippen LogP contribution is -2.30. The molecule has 0 bridgehead atoms. The molecule has 1 saturated heterocycles. The summed E-state index contributed by atoms with van der Waals surface area (Å²) in [5.41, 5.74) is 6.28. The first-order chi connectivity index (χ1) is 17.1. The van der Waals surface area contributed by atoms with E-state index in [1.807, 2.05) is 30.7 Å². The zero-order valence-corrected chi connectivity index (χ0v) is 20.8. The standard InChI is InChI=1S/C27H33N7O/c1-17-6-11-21-22(14-17)30-27(18(2)28-21)23-15-25-31-24(33-12-4-5-13-33)16-26(34(25)32-23)29-19-7-9-20(35-3)10-8-19/h6,11,14-16,19-20,29H,4-5,7-10,12-13H2,1-3H3/t19-,20-. The number of ether oxygens (including phenoxy) is 1. The molecule has 1 aromatic carbocycles. The van der Waals surface area contributed by atoms with Gasteiger partial charge in [-0.1, -0.05) is 6.07 Å². The molecular weight excluding hydrogens is 438 g/mol. The molecule has 0 spiro atoms.